The Labute approximate surface area is 72.2 Å². The Balaban J connectivity index is 3.75. The molecular weight excluding hydrogens is 164 g/mol. The molecule has 2 nitrogen and oxygen atoms in total. The van der Waals surface area contributed by atoms with Gasteiger partial charge in [-0.3, -0.25) is 4.90 Å². The first-order valence-corrected chi connectivity index (χ1v) is 4.06. The zero-order valence-corrected chi connectivity index (χ0v) is 7.85. The summed E-state index contributed by atoms with van der Waals surface area (Å²) < 4.78 is 23.7. The van der Waals surface area contributed by atoms with Crippen molar-refractivity contribution in [3.63, 3.8) is 0 Å². The van der Waals surface area contributed by atoms with E-state index in [1.165, 1.54) is 4.90 Å². The van der Waals surface area contributed by atoms with Gasteiger partial charge in [0.2, 0.25) is 0 Å². The van der Waals surface area contributed by atoms with Crippen molar-refractivity contribution in [3.8, 4) is 0 Å². The lowest BCUT2D eigenvalue weighted by atomic mass is 10.0. The second-order valence-corrected chi connectivity index (χ2v) is 3.44. The fraction of sp³-hybridized carbons (Fsp3) is 1.00. The first kappa shape index (κ1) is 11.8. The first-order chi connectivity index (χ1) is 5.37. The van der Waals surface area contributed by atoms with Crippen LogP contribution in [0.1, 0.15) is 20.3 Å². The Kier molecular flexibility index (Phi) is 4.63. The van der Waals surface area contributed by atoms with Crippen molar-refractivity contribution in [2.45, 2.75) is 32.3 Å². The summed E-state index contributed by atoms with van der Waals surface area (Å²) in [5, 5.41) is 9.52. The van der Waals surface area contributed by atoms with Crippen LogP contribution < -0.4 is 0 Å². The zero-order valence-electron chi connectivity index (χ0n) is 7.85. The lowest BCUT2D eigenvalue weighted by Crippen LogP contribution is -2.40. The lowest BCUT2D eigenvalue weighted by Gasteiger charge is -2.27. The van der Waals surface area contributed by atoms with Gasteiger partial charge in [0.05, 0.1) is 12.1 Å². The topological polar surface area (TPSA) is 23.5 Å². The summed E-state index contributed by atoms with van der Waals surface area (Å²) in [6.07, 6.45) is -1.76. The van der Waals surface area contributed by atoms with Gasteiger partial charge >= 0.3 is 0 Å². The van der Waals surface area contributed by atoms with Crippen LogP contribution in [0.4, 0.5) is 8.78 Å². The van der Waals surface area contributed by atoms with Crippen LogP contribution in [0, 0.1) is 0 Å². The van der Waals surface area contributed by atoms with E-state index >= 15 is 0 Å². The third-order valence-corrected chi connectivity index (χ3v) is 1.82. The van der Waals surface area contributed by atoms with Crippen molar-refractivity contribution in [3.05, 3.63) is 0 Å². The molecule has 0 aliphatic carbocycles. The molecule has 12 heavy (non-hydrogen) atoms. The standard InChI is InChI=1S/C8H17F2NO/c1-4-8(2,12)6-11(3)5-7(9)10/h7,12H,4-6H2,1-3H3. The van der Waals surface area contributed by atoms with Crippen LogP contribution in [-0.4, -0.2) is 42.2 Å². The Morgan fingerprint density at radius 2 is 2.00 bits per heavy atom. The Morgan fingerprint density at radius 3 is 2.33 bits per heavy atom. The van der Waals surface area contributed by atoms with Gasteiger partial charge in [-0.05, 0) is 20.4 Å². The predicted octanol–water partition coefficient (Wildman–Crippen LogP) is 1.34. The molecule has 0 aliphatic rings. The lowest BCUT2D eigenvalue weighted by molar-refractivity contribution is 0.00653. The minimum absolute atomic E-state index is 0.282. The summed E-state index contributed by atoms with van der Waals surface area (Å²) in [5.41, 5.74) is -0.857. The molecule has 74 valence electrons. The third kappa shape index (κ3) is 5.43. The van der Waals surface area contributed by atoms with Gasteiger partial charge in [0.1, 0.15) is 0 Å². The number of hydrogen-bond acceptors (Lipinski definition) is 2. The van der Waals surface area contributed by atoms with Gasteiger partial charge < -0.3 is 5.11 Å². The maximum Gasteiger partial charge on any atom is 0.251 e. The predicted molar refractivity (Wildman–Crippen MR) is 44.4 cm³/mol. The van der Waals surface area contributed by atoms with E-state index in [0.29, 0.717) is 6.42 Å². The molecule has 0 heterocycles. The smallest absolute Gasteiger partial charge is 0.251 e. The molecule has 0 aromatic rings. The molecule has 0 rings (SSSR count). The Morgan fingerprint density at radius 1 is 1.50 bits per heavy atom. The maximum atomic E-state index is 11.8. The maximum absolute atomic E-state index is 11.8. The number of aliphatic hydroxyl groups is 1. The van der Waals surface area contributed by atoms with Crippen LogP contribution in [0.25, 0.3) is 0 Å². The highest BCUT2D eigenvalue weighted by atomic mass is 19.3. The highest BCUT2D eigenvalue weighted by Crippen LogP contribution is 2.10. The molecule has 0 aliphatic heterocycles. The molecule has 1 unspecified atom stereocenters. The number of halogens is 2. The van der Waals surface area contributed by atoms with E-state index in [9.17, 15) is 13.9 Å². The zero-order chi connectivity index (χ0) is 9.78. The molecule has 4 heteroatoms. The largest absolute Gasteiger partial charge is 0.389 e. The van der Waals surface area contributed by atoms with Gasteiger partial charge in [0.15, 0.2) is 0 Å². The quantitative estimate of drug-likeness (QED) is 0.692. The van der Waals surface area contributed by atoms with Gasteiger partial charge in [-0.25, -0.2) is 8.78 Å². The number of alkyl halides is 2. The summed E-state index contributed by atoms with van der Waals surface area (Å²) in [5.74, 6) is 0. The number of likely N-dealkylation sites (N-methyl/N-ethyl adjacent to an activating group) is 1. The summed E-state index contributed by atoms with van der Waals surface area (Å²) in [4.78, 5) is 1.44. The second-order valence-electron chi connectivity index (χ2n) is 3.44. The van der Waals surface area contributed by atoms with Crippen LogP contribution in [0.2, 0.25) is 0 Å². The molecule has 1 N–H and O–H groups in total. The SMILES string of the molecule is CCC(C)(O)CN(C)CC(F)F. The van der Waals surface area contributed by atoms with Gasteiger partial charge in [-0.15, -0.1) is 0 Å². The first-order valence-electron chi connectivity index (χ1n) is 4.06. The van der Waals surface area contributed by atoms with E-state index in [1.807, 2.05) is 6.92 Å². The molecule has 0 saturated heterocycles. The van der Waals surface area contributed by atoms with E-state index in [1.54, 1.807) is 14.0 Å². The normalized spacial score (nSPS) is 17.0. The van der Waals surface area contributed by atoms with Crippen LogP contribution in [0.15, 0.2) is 0 Å². The van der Waals surface area contributed by atoms with Gasteiger partial charge in [-0.1, -0.05) is 6.92 Å². The molecule has 0 saturated carbocycles. The minimum atomic E-state index is -2.33. The highest BCUT2D eigenvalue weighted by Gasteiger charge is 2.21. The summed E-state index contributed by atoms with van der Waals surface area (Å²) in [6, 6.07) is 0. The summed E-state index contributed by atoms with van der Waals surface area (Å²) in [6.45, 7) is 3.48. The molecule has 0 aromatic carbocycles. The number of rotatable bonds is 5. The molecular formula is C8H17F2NO. The van der Waals surface area contributed by atoms with E-state index in [2.05, 4.69) is 0 Å². The van der Waals surface area contributed by atoms with Crippen molar-refractivity contribution in [2.75, 3.05) is 20.1 Å². The van der Waals surface area contributed by atoms with Crippen LogP contribution >= 0.6 is 0 Å². The summed E-state index contributed by atoms with van der Waals surface area (Å²) in [7, 11) is 1.58. The number of hydrogen-bond donors (Lipinski definition) is 1. The van der Waals surface area contributed by atoms with E-state index in [0.717, 1.165) is 0 Å². The van der Waals surface area contributed by atoms with Gasteiger partial charge in [-0.2, -0.15) is 0 Å². The van der Waals surface area contributed by atoms with Crippen LogP contribution in [0.3, 0.4) is 0 Å². The Hall–Kier alpha value is -0.220. The molecule has 0 radical (unpaired) electrons. The molecule has 0 aromatic heterocycles. The summed E-state index contributed by atoms with van der Waals surface area (Å²) >= 11 is 0. The van der Waals surface area contributed by atoms with Crippen LogP contribution in [0.5, 0.6) is 0 Å². The monoisotopic (exact) mass is 181 g/mol. The van der Waals surface area contributed by atoms with Gasteiger partial charge in [0.25, 0.3) is 6.43 Å². The van der Waals surface area contributed by atoms with Crippen LogP contribution in [-0.2, 0) is 0 Å². The van der Waals surface area contributed by atoms with E-state index in [-0.39, 0.29) is 13.1 Å². The molecule has 1 atom stereocenters. The van der Waals surface area contributed by atoms with Gasteiger partial charge in [0, 0.05) is 6.54 Å². The second kappa shape index (κ2) is 4.72. The average molecular weight is 181 g/mol. The average Bonchev–Trinajstić information content (AvgIpc) is 1.84. The fourth-order valence-corrected chi connectivity index (χ4v) is 0.993. The van der Waals surface area contributed by atoms with Crippen molar-refractivity contribution in [1.82, 2.24) is 4.90 Å². The van der Waals surface area contributed by atoms with Crippen molar-refractivity contribution < 1.29 is 13.9 Å². The fourth-order valence-electron chi connectivity index (χ4n) is 0.993. The highest BCUT2D eigenvalue weighted by molar-refractivity contribution is 4.74. The minimum Gasteiger partial charge on any atom is -0.389 e. The van der Waals surface area contributed by atoms with Crippen molar-refractivity contribution in [2.24, 2.45) is 0 Å². The van der Waals surface area contributed by atoms with E-state index in [4.69, 9.17) is 0 Å². The molecule has 0 spiro atoms. The van der Waals surface area contributed by atoms with E-state index < -0.39 is 12.0 Å². The van der Waals surface area contributed by atoms with Crippen molar-refractivity contribution >= 4 is 0 Å². The number of nitrogens with zero attached hydrogens (tertiary/aromatic N) is 1. The third-order valence-electron chi connectivity index (χ3n) is 1.82. The molecule has 0 bridgehead atoms. The molecule has 0 amide bonds. The van der Waals surface area contributed by atoms with Crippen molar-refractivity contribution in [1.29, 1.82) is 0 Å². The molecule has 0 fully saturated rings. The Bertz CT molecular complexity index is 128.